The number of unbranched alkanes of at least 4 members (excludes halogenated alkanes) is 2. The third-order valence-corrected chi connectivity index (χ3v) is 7.62. The lowest BCUT2D eigenvalue weighted by Gasteiger charge is -2.35. The molecule has 1 aliphatic rings. The molecule has 31 heavy (non-hydrogen) atoms. The number of benzene rings is 2. The lowest BCUT2D eigenvalue weighted by molar-refractivity contribution is 0.242. The molecule has 2 aromatic rings. The van der Waals surface area contributed by atoms with Crippen molar-refractivity contribution in [2.75, 3.05) is 6.54 Å². The van der Waals surface area contributed by atoms with Crippen LogP contribution in [-0.4, -0.2) is 25.3 Å². The number of nitrogens with zero attached hydrogens (tertiary/aromatic N) is 1. The van der Waals surface area contributed by atoms with Gasteiger partial charge in [0.2, 0.25) is 10.0 Å². The van der Waals surface area contributed by atoms with E-state index in [0.717, 1.165) is 41.5 Å². The van der Waals surface area contributed by atoms with E-state index < -0.39 is 10.0 Å². The number of sulfonamides is 1. The summed E-state index contributed by atoms with van der Waals surface area (Å²) in [5.74, 6) is 0. The molecule has 0 bridgehead atoms. The van der Waals surface area contributed by atoms with Gasteiger partial charge in [0, 0.05) is 6.54 Å². The van der Waals surface area contributed by atoms with E-state index >= 15 is 0 Å². The fraction of sp³-hybridized carbons (Fsp3) is 0.407. The molecule has 1 atom stereocenters. The van der Waals surface area contributed by atoms with E-state index in [1.807, 2.05) is 37.3 Å². The Hall–Kier alpha value is -2.17. The van der Waals surface area contributed by atoms with Crippen LogP contribution in [0.5, 0.6) is 0 Å². The summed E-state index contributed by atoms with van der Waals surface area (Å²) in [6.07, 6.45) is 7.61. The van der Waals surface area contributed by atoms with Crippen LogP contribution in [0, 0.1) is 12.3 Å². The van der Waals surface area contributed by atoms with Gasteiger partial charge in [-0.05, 0) is 47.6 Å². The second-order valence-electron chi connectivity index (χ2n) is 9.51. The van der Waals surface area contributed by atoms with Crippen LogP contribution in [-0.2, 0) is 10.0 Å². The normalized spacial score (nSPS) is 20.6. The summed E-state index contributed by atoms with van der Waals surface area (Å²) < 4.78 is 29.2. The SMILES string of the molecule is CCCC/C=C1/C(=C/c2ccccc2)CN(S(=O)(=O)c2ccc(C)cc2)C1C(C)(C)C. The quantitative estimate of drug-likeness (QED) is 0.477. The second-order valence-corrected chi connectivity index (χ2v) is 11.4. The Kier molecular flexibility index (Phi) is 7.23. The van der Waals surface area contributed by atoms with Gasteiger partial charge in [0.1, 0.15) is 0 Å². The topological polar surface area (TPSA) is 37.4 Å². The molecule has 0 saturated carbocycles. The molecule has 0 N–H and O–H groups in total. The zero-order valence-electron chi connectivity index (χ0n) is 19.4. The first kappa shape index (κ1) is 23.5. The minimum Gasteiger partial charge on any atom is -0.207 e. The van der Waals surface area contributed by atoms with Gasteiger partial charge in [-0.15, -0.1) is 0 Å². The summed E-state index contributed by atoms with van der Waals surface area (Å²) >= 11 is 0. The molecule has 0 amide bonds. The Bertz CT molecular complexity index is 1040. The molecular formula is C27H35NO2S. The Balaban J connectivity index is 2.13. The Morgan fingerprint density at radius 3 is 2.26 bits per heavy atom. The number of rotatable bonds is 6. The Morgan fingerprint density at radius 1 is 1.03 bits per heavy atom. The number of aryl methyl sites for hydroxylation is 1. The van der Waals surface area contributed by atoms with Crippen molar-refractivity contribution in [2.45, 2.75) is 64.8 Å². The van der Waals surface area contributed by atoms with Gasteiger partial charge < -0.3 is 0 Å². The van der Waals surface area contributed by atoms with Crippen LogP contribution < -0.4 is 0 Å². The van der Waals surface area contributed by atoms with E-state index in [-0.39, 0.29) is 11.5 Å². The Morgan fingerprint density at radius 2 is 1.68 bits per heavy atom. The minimum atomic E-state index is -3.62. The van der Waals surface area contributed by atoms with E-state index in [0.29, 0.717) is 11.4 Å². The smallest absolute Gasteiger partial charge is 0.207 e. The highest BCUT2D eigenvalue weighted by atomic mass is 32.2. The molecule has 0 aromatic heterocycles. The summed E-state index contributed by atoms with van der Waals surface area (Å²) in [5, 5.41) is 0. The molecule has 1 fully saturated rings. The summed E-state index contributed by atoms with van der Waals surface area (Å²) in [7, 11) is -3.62. The number of allylic oxidation sites excluding steroid dienone is 1. The van der Waals surface area contributed by atoms with E-state index in [9.17, 15) is 8.42 Å². The van der Waals surface area contributed by atoms with Crippen LogP contribution in [0.15, 0.2) is 76.7 Å². The fourth-order valence-corrected chi connectivity index (χ4v) is 6.00. The van der Waals surface area contributed by atoms with Crippen LogP contribution in [0.3, 0.4) is 0 Å². The first-order valence-electron chi connectivity index (χ1n) is 11.2. The third kappa shape index (κ3) is 5.36. The lowest BCUT2D eigenvalue weighted by atomic mass is 9.81. The maximum absolute atomic E-state index is 13.7. The van der Waals surface area contributed by atoms with Gasteiger partial charge in [-0.3, -0.25) is 0 Å². The Labute approximate surface area is 188 Å². The van der Waals surface area contributed by atoms with Crippen molar-refractivity contribution >= 4 is 16.1 Å². The highest BCUT2D eigenvalue weighted by Gasteiger charge is 2.46. The van der Waals surface area contributed by atoms with Crippen molar-refractivity contribution in [1.29, 1.82) is 0 Å². The third-order valence-electron chi connectivity index (χ3n) is 5.79. The molecule has 1 heterocycles. The fourth-order valence-electron chi connectivity index (χ4n) is 4.23. The molecule has 166 valence electrons. The van der Waals surface area contributed by atoms with Crippen LogP contribution in [0.1, 0.15) is 58.1 Å². The van der Waals surface area contributed by atoms with Crippen LogP contribution in [0.2, 0.25) is 0 Å². The van der Waals surface area contributed by atoms with E-state index in [2.05, 4.69) is 52.0 Å². The van der Waals surface area contributed by atoms with Crippen molar-refractivity contribution < 1.29 is 8.42 Å². The molecule has 1 saturated heterocycles. The number of hydrogen-bond donors (Lipinski definition) is 0. The highest BCUT2D eigenvalue weighted by molar-refractivity contribution is 7.89. The minimum absolute atomic E-state index is 0.203. The molecule has 0 spiro atoms. The van der Waals surface area contributed by atoms with Crippen LogP contribution in [0.25, 0.3) is 6.08 Å². The molecule has 0 aliphatic carbocycles. The van der Waals surface area contributed by atoms with Gasteiger partial charge in [-0.2, -0.15) is 4.31 Å². The first-order chi connectivity index (χ1) is 14.6. The van der Waals surface area contributed by atoms with Crippen LogP contribution >= 0.6 is 0 Å². The summed E-state index contributed by atoms with van der Waals surface area (Å²) in [6, 6.07) is 17.2. The zero-order valence-corrected chi connectivity index (χ0v) is 20.2. The molecule has 2 aromatic carbocycles. The molecule has 0 radical (unpaired) electrons. The van der Waals surface area contributed by atoms with Crippen molar-refractivity contribution in [3.05, 3.63) is 82.9 Å². The van der Waals surface area contributed by atoms with Crippen molar-refractivity contribution in [1.82, 2.24) is 4.31 Å². The maximum atomic E-state index is 13.7. The highest BCUT2D eigenvalue weighted by Crippen LogP contribution is 2.43. The van der Waals surface area contributed by atoms with Crippen molar-refractivity contribution in [2.24, 2.45) is 5.41 Å². The summed E-state index contributed by atoms with van der Waals surface area (Å²) in [5.41, 5.74) is 4.17. The van der Waals surface area contributed by atoms with Gasteiger partial charge in [0.15, 0.2) is 0 Å². The molecule has 1 aliphatic heterocycles. The molecule has 3 rings (SSSR count). The maximum Gasteiger partial charge on any atom is 0.243 e. The predicted molar refractivity (Wildman–Crippen MR) is 130 cm³/mol. The molecule has 1 unspecified atom stereocenters. The van der Waals surface area contributed by atoms with Gasteiger partial charge in [-0.25, -0.2) is 8.42 Å². The molecule has 3 nitrogen and oxygen atoms in total. The van der Waals surface area contributed by atoms with E-state index in [1.165, 1.54) is 0 Å². The monoisotopic (exact) mass is 437 g/mol. The molecular weight excluding hydrogens is 402 g/mol. The second kappa shape index (κ2) is 9.54. The number of hydrogen-bond acceptors (Lipinski definition) is 2. The predicted octanol–water partition coefficient (Wildman–Crippen LogP) is 6.61. The average Bonchev–Trinajstić information content (AvgIpc) is 3.09. The average molecular weight is 438 g/mol. The van der Waals surface area contributed by atoms with Gasteiger partial charge in [-0.1, -0.05) is 101 Å². The summed E-state index contributed by atoms with van der Waals surface area (Å²) in [4.78, 5) is 0.362. The lowest BCUT2D eigenvalue weighted by Crippen LogP contribution is -2.43. The van der Waals surface area contributed by atoms with E-state index in [4.69, 9.17) is 0 Å². The van der Waals surface area contributed by atoms with Crippen molar-refractivity contribution in [3.63, 3.8) is 0 Å². The zero-order chi connectivity index (χ0) is 22.6. The van der Waals surface area contributed by atoms with Crippen molar-refractivity contribution in [3.8, 4) is 0 Å². The molecule has 4 heteroatoms. The largest absolute Gasteiger partial charge is 0.243 e. The standard InChI is InChI=1S/C27H35NO2S/c1-6-7-9-14-25-23(19-22-12-10-8-11-13-22)20-28(26(25)27(3,4)5)31(29,30)24-17-15-21(2)16-18-24/h8,10-19,26H,6-7,9,20H2,1-5H3/b23-19+,25-14-. The van der Waals surface area contributed by atoms with E-state index in [1.54, 1.807) is 16.4 Å². The first-order valence-corrected chi connectivity index (χ1v) is 12.6. The van der Waals surface area contributed by atoms with Gasteiger partial charge in [0.25, 0.3) is 0 Å². The van der Waals surface area contributed by atoms with Crippen LogP contribution in [0.4, 0.5) is 0 Å². The summed E-state index contributed by atoms with van der Waals surface area (Å²) in [6.45, 7) is 10.9. The van der Waals surface area contributed by atoms with Gasteiger partial charge in [0.05, 0.1) is 10.9 Å². The van der Waals surface area contributed by atoms with Gasteiger partial charge >= 0.3 is 0 Å².